The summed E-state index contributed by atoms with van der Waals surface area (Å²) < 4.78 is 0. The maximum Gasteiger partial charge on any atom is 0.197 e. The molecule has 3 rings (SSSR count). The molecule has 0 radical (unpaired) electrons. The molecule has 0 spiro atoms. The molecule has 3 heteroatoms. The van der Waals surface area contributed by atoms with Crippen molar-refractivity contribution in [2.24, 2.45) is 0 Å². The summed E-state index contributed by atoms with van der Waals surface area (Å²) in [5.74, 6) is -1.46. The van der Waals surface area contributed by atoms with Crippen molar-refractivity contribution in [1.82, 2.24) is 0 Å². The molecule has 0 saturated carbocycles. The van der Waals surface area contributed by atoms with E-state index in [9.17, 15) is 14.7 Å². The number of hydrogen-bond donors (Lipinski definition) is 0. The van der Waals surface area contributed by atoms with Crippen LogP contribution in [-0.4, -0.2) is 11.6 Å². The highest BCUT2D eigenvalue weighted by molar-refractivity contribution is 6.41. The predicted octanol–water partition coefficient (Wildman–Crippen LogP) is 2.15. The lowest BCUT2D eigenvalue weighted by molar-refractivity contribution is -0.244. The first-order chi connectivity index (χ1) is 9.59. The fraction of sp³-hybridized carbons (Fsp3) is 0.0588. The minimum Gasteiger partial charge on any atom is -0.871 e. The standard InChI is InChI=1S/C17H12O3/c1-10-6-8-11(9-7-10)15(18)14-16(19)12-4-2-3-5-13(12)17(14)20/h2-9,18H,1H3/p-1. The Hall–Kier alpha value is -2.68. The van der Waals surface area contributed by atoms with E-state index in [1.54, 1.807) is 48.5 Å². The Morgan fingerprint density at radius 2 is 1.35 bits per heavy atom. The van der Waals surface area contributed by atoms with Crippen LogP contribution in [-0.2, 0) is 0 Å². The Morgan fingerprint density at radius 1 is 0.850 bits per heavy atom. The fourth-order valence-corrected chi connectivity index (χ4v) is 2.31. The summed E-state index contributed by atoms with van der Waals surface area (Å²) in [6.45, 7) is 1.91. The van der Waals surface area contributed by atoms with Crippen LogP contribution in [0.25, 0.3) is 5.76 Å². The van der Waals surface area contributed by atoms with E-state index in [0.717, 1.165) is 5.56 Å². The van der Waals surface area contributed by atoms with Gasteiger partial charge >= 0.3 is 0 Å². The fourth-order valence-electron chi connectivity index (χ4n) is 2.31. The topological polar surface area (TPSA) is 57.2 Å². The minimum absolute atomic E-state index is 0.255. The predicted molar refractivity (Wildman–Crippen MR) is 73.2 cm³/mol. The molecular formula is C17H11O3-. The number of Topliss-reactive ketones (excluding diaryl/α,β-unsaturated/α-hetero) is 2. The van der Waals surface area contributed by atoms with Crippen molar-refractivity contribution in [3.05, 3.63) is 76.4 Å². The van der Waals surface area contributed by atoms with Crippen LogP contribution in [0.5, 0.6) is 0 Å². The van der Waals surface area contributed by atoms with E-state index in [4.69, 9.17) is 0 Å². The van der Waals surface area contributed by atoms with Gasteiger partial charge in [0.15, 0.2) is 11.6 Å². The first kappa shape index (κ1) is 12.4. The third kappa shape index (κ3) is 1.75. The molecular weight excluding hydrogens is 252 g/mol. The molecule has 2 aromatic carbocycles. The molecule has 0 atom stereocenters. The molecule has 0 heterocycles. The highest BCUT2D eigenvalue weighted by Crippen LogP contribution is 2.29. The lowest BCUT2D eigenvalue weighted by Crippen LogP contribution is -2.13. The quantitative estimate of drug-likeness (QED) is 0.450. The van der Waals surface area contributed by atoms with Crippen LogP contribution < -0.4 is 5.11 Å². The van der Waals surface area contributed by atoms with E-state index in [-0.39, 0.29) is 5.57 Å². The molecule has 1 aliphatic rings. The van der Waals surface area contributed by atoms with Gasteiger partial charge < -0.3 is 5.11 Å². The van der Waals surface area contributed by atoms with E-state index >= 15 is 0 Å². The van der Waals surface area contributed by atoms with Gasteiger partial charge in [0.2, 0.25) is 0 Å². The van der Waals surface area contributed by atoms with Crippen LogP contribution in [0, 0.1) is 6.92 Å². The summed E-state index contributed by atoms with van der Waals surface area (Å²) in [5, 5.41) is 12.4. The average molecular weight is 263 g/mol. The number of rotatable bonds is 1. The molecule has 2 aromatic rings. The van der Waals surface area contributed by atoms with Crippen LogP contribution in [0.1, 0.15) is 31.8 Å². The van der Waals surface area contributed by atoms with Crippen molar-refractivity contribution in [2.75, 3.05) is 0 Å². The SMILES string of the molecule is Cc1ccc(C([O-])=C2C(=O)c3ccccc3C2=O)cc1. The van der Waals surface area contributed by atoms with Crippen LogP contribution in [0.3, 0.4) is 0 Å². The Labute approximate surface area is 116 Å². The smallest absolute Gasteiger partial charge is 0.197 e. The van der Waals surface area contributed by atoms with Crippen molar-refractivity contribution >= 4 is 17.3 Å². The molecule has 0 bridgehead atoms. The van der Waals surface area contributed by atoms with Gasteiger partial charge in [-0.1, -0.05) is 59.9 Å². The van der Waals surface area contributed by atoms with E-state index in [0.29, 0.717) is 16.7 Å². The van der Waals surface area contributed by atoms with Crippen LogP contribution in [0.15, 0.2) is 54.1 Å². The summed E-state index contributed by atoms with van der Waals surface area (Å²) in [6, 6.07) is 13.3. The zero-order valence-corrected chi connectivity index (χ0v) is 10.8. The Balaban J connectivity index is 2.16. The first-order valence-corrected chi connectivity index (χ1v) is 6.26. The third-order valence-electron chi connectivity index (χ3n) is 3.41. The van der Waals surface area contributed by atoms with E-state index in [2.05, 4.69) is 0 Å². The van der Waals surface area contributed by atoms with Gasteiger partial charge in [0, 0.05) is 11.1 Å². The molecule has 0 N–H and O–H groups in total. The number of carbonyl (C=O) groups is 2. The minimum atomic E-state index is -0.504. The number of aryl methyl sites for hydroxylation is 1. The van der Waals surface area contributed by atoms with Gasteiger partial charge in [-0.3, -0.25) is 9.59 Å². The van der Waals surface area contributed by atoms with Gasteiger partial charge in [-0.2, -0.15) is 0 Å². The number of fused-ring (bicyclic) bond motifs is 1. The number of hydrogen-bond acceptors (Lipinski definition) is 3. The van der Waals surface area contributed by atoms with Gasteiger partial charge in [-0.05, 0) is 12.5 Å². The summed E-state index contributed by atoms with van der Waals surface area (Å²) in [5.41, 5.74) is 1.75. The third-order valence-corrected chi connectivity index (χ3v) is 3.41. The molecule has 1 aliphatic carbocycles. The summed E-state index contributed by atoms with van der Waals surface area (Å²) in [4.78, 5) is 24.4. The lowest BCUT2D eigenvalue weighted by atomic mass is 10.0. The van der Waals surface area contributed by atoms with Crippen molar-refractivity contribution in [2.45, 2.75) is 6.92 Å². The second kappa shape index (κ2) is 4.46. The van der Waals surface area contributed by atoms with Crippen molar-refractivity contribution in [3.63, 3.8) is 0 Å². The van der Waals surface area contributed by atoms with Crippen molar-refractivity contribution < 1.29 is 14.7 Å². The zero-order valence-electron chi connectivity index (χ0n) is 10.8. The number of carbonyl (C=O) groups excluding carboxylic acids is 2. The number of benzene rings is 2. The molecule has 0 aliphatic heterocycles. The Bertz CT molecular complexity index is 715. The van der Waals surface area contributed by atoms with Crippen LogP contribution >= 0.6 is 0 Å². The van der Waals surface area contributed by atoms with Gasteiger partial charge in [-0.15, -0.1) is 0 Å². The molecule has 3 nitrogen and oxygen atoms in total. The first-order valence-electron chi connectivity index (χ1n) is 6.26. The summed E-state index contributed by atoms with van der Waals surface area (Å²) in [6.07, 6.45) is 0. The molecule has 0 aromatic heterocycles. The van der Waals surface area contributed by atoms with Gasteiger partial charge in [-0.25, -0.2) is 0 Å². The Morgan fingerprint density at radius 3 is 1.85 bits per heavy atom. The van der Waals surface area contributed by atoms with Crippen LogP contribution in [0.4, 0.5) is 0 Å². The normalized spacial score (nSPS) is 13.6. The Kier molecular flexibility index (Phi) is 2.75. The number of ketones is 2. The van der Waals surface area contributed by atoms with Gasteiger partial charge in [0.1, 0.15) is 0 Å². The van der Waals surface area contributed by atoms with Gasteiger partial charge in [0.05, 0.1) is 5.57 Å². The molecule has 0 saturated heterocycles. The van der Waals surface area contributed by atoms with E-state index in [1.165, 1.54) is 0 Å². The van der Waals surface area contributed by atoms with Crippen molar-refractivity contribution in [1.29, 1.82) is 0 Å². The molecule has 0 unspecified atom stereocenters. The largest absolute Gasteiger partial charge is 0.871 e. The summed E-state index contributed by atoms with van der Waals surface area (Å²) >= 11 is 0. The monoisotopic (exact) mass is 263 g/mol. The molecule has 0 fully saturated rings. The zero-order chi connectivity index (χ0) is 14.3. The molecule has 20 heavy (non-hydrogen) atoms. The second-order valence-corrected chi connectivity index (χ2v) is 4.77. The molecule has 98 valence electrons. The molecule has 0 amide bonds. The van der Waals surface area contributed by atoms with E-state index < -0.39 is 17.3 Å². The lowest BCUT2D eigenvalue weighted by Gasteiger charge is -2.15. The van der Waals surface area contributed by atoms with Crippen molar-refractivity contribution in [3.8, 4) is 0 Å². The van der Waals surface area contributed by atoms with E-state index in [1.807, 2.05) is 6.92 Å². The maximum absolute atomic E-state index is 12.4. The highest BCUT2D eigenvalue weighted by Gasteiger charge is 2.33. The summed E-state index contributed by atoms with van der Waals surface area (Å²) in [7, 11) is 0. The highest BCUT2D eigenvalue weighted by atomic mass is 16.3. The van der Waals surface area contributed by atoms with Crippen LogP contribution in [0.2, 0.25) is 0 Å². The van der Waals surface area contributed by atoms with Gasteiger partial charge in [0.25, 0.3) is 0 Å². The maximum atomic E-state index is 12.4. The average Bonchev–Trinajstić information content (AvgIpc) is 2.72. The second-order valence-electron chi connectivity index (χ2n) is 4.77. The number of allylic oxidation sites excluding steroid dienone is 1.